The molecule has 1 aromatic carbocycles. The number of benzene rings is 1. The molecule has 2 heterocycles. The Balaban J connectivity index is 1.02. The lowest BCUT2D eigenvalue weighted by Gasteiger charge is -2.58. The van der Waals surface area contributed by atoms with Gasteiger partial charge in [-0.05, 0) is 97.9 Å². The predicted molar refractivity (Wildman–Crippen MR) is 165 cm³/mol. The van der Waals surface area contributed by atoms with Gasteiger partial charge in [0.05, 0.1) is 12.7 Å². The first-order valence-corrected chi connectivity index (χ1v) is 17.0. The summed E-state index contributed by atoms with van der Waals surface area (Å²) in [5.74, 6) is 3.60. The van der Waals surface area contributed by atoms with E-state index in [1.165, 1.54) is 37.7 Å². The van der Waals surface area contributed by atoms with Gasteiger partial charge in [-0.2, -0.15) is 0 Å². The van der Waals surface area contributed by atoms with Gasteiger partial charge in [0.1, 0.15) is 6.10 Å². The predicted octanol–water partition coefficient (Wildman–Crippen LogP) is 8.30. The van der Waals surface area contributed by atoms with Crippen LogP contribution in [-0.2, 0) is 20.8 Å². The minimum absolute atomic E-state index is 0.0165. The lowest BCUT2D eigenvalue weighted by Crippen LogP contribution is -2.52. The maximum Gasteiger partial charge on any atom is 0.410 e. The van der Waals surface area contributed by atoms with Crippen LogP contribution >= 0.6 is 0 Å². The van der Waals surface area contributed by atoms with E-state index in [1.807, 2.05) is 7.05 Å². The number of carbonyl (C=O) groups is 1. The first kappa shape index (κ1) is 28.9. The number of fused-ring (bicyclic) bond motifs is 7. The fraction of sp³-hybridized carbons (Fsp3) is 0.757. The first-order chi connectivity index (χ1) is 20.0. The summed E-state index contributed by atoms with van der Waals surface area (Å²) in [4.78, 5) is 14.7. The number of aryl methyl sites for hydroxylation is 1. The van der Waals surface area contributed by atoms with Crippen LogP contribution in [0.2, 0.25) is 0 Å². The van der Waals surface area contributed by atoms with Crippen LogP contribution in [0.25, 0.3) is 0 Å². The Morgan fingerprint density at radius 2 is 1.83 bits per heavy atom. The van der Waals surface area contributed by atoms with Gasteiger partial charge in [0, 0.05) is 32.4 Å². The number of carbonyl (C=O) groups excluding carboxylic acids is 1. The molecule has 5 nitrogen and oxygen atoms in total. The molecule has 11 atom stereocenters. The molecule has 5 heteroatoms. The van der Waals surface area contributed by atoms with E-state index in [2.05, 4.69) is 65.0 Å². The molecule has 2 saturated heterocycles. The molecule has 1 amide bonds. The van der Waals surface area contributed by atoms with Crippen LogP contribution < -0.4 is 0 Å². The lowest BCUT2D eigenvalue weighted by atomic mass is 9.47. The molecule has 0 radical (unpaired) electrons. The van der Waals surface area contributed by atoms with E-state index in [-0.39, 0.29) is 23.4 Å². The summed E-state index contributed by atoms with van der Waals surface area (Å²) in [5.41, 5.74) is 4.50. The molecule has 6 aliphatic rings. The molecule has 230 valence electrons. The average molecular weight is 576 g/mol. The van der Waals surface area contributed by atoms with E-state index in [9.17, 15) is 4.79 Å². The zero-order chi connectivity index (χ0) is 29.4. The SMILES string of the molecule is Cc1ccc(CN(C)C(=O)O[C@H]2CC[C@@]3(C)C(=CC[C@H]4[C@@H]5C[C@@H]6O[C@]7(CC[C@@H](C)CO7)[C@@H](C)[C@@H]6[C@@]5(C)CC[C@@H]43)C2)cc1. The molecule has 1 aromatic rings. The van der Waals surface area contributed by atoms with E-state index >= 15 is 0 Å². The molecule has 42 heavy (non-hydrogen) atoms. The third kappa shape index (κ3) is 4.50. The third-order valence-corrected chi connectivity index (χ3v) is 13.4. The number of nitrogens with zero attached hydrogens (tertiary/aromatic N) is 1. The Morgan fingerprint density at radius 3 is 2.57 bits per heavy atom. The fourth-order valence-electron chi connectivity index (χ4n) is 11.0. The molecule has 4 aliphatic carbocycles. The molecule has 0 N–H and O–H groups in total. The molecule has 0 unspecified atom stereocenters. The highest BCUT2D eigenvalue weighted by Gasteiger charge is 2.68. The van der Waals surface area contributed by atoms with Crippen LogP contribution in [0.3, 0.4) is 0 Å². The zero-order valence-corrected chi connectivity index (χ0v) is 26.9. The molecule has 0 aromatic heterocycles. The molecule has 5 fully saturated rings. The van der Waals surface area contributed by atoms with E-state index in [1.54, 1.807) is 10.5 Å². The van der Waals surface area contributed by atoms with Crippen LogP contribution in [0.1, 0.15) is 96.6 Å². The molecular weight excluding hydrogens is 522 g/mol. The highest BCUT2D eigenvalue weighted by molar-refractivity contribution is 5.67. The van der Waals surface area contributed by atoms with Crippen molar-refractivity contribution in [2.24, 2.45) is 46.3 Å². The van der Waals surface area contributed by atoms with Crippen molar-refractivity contribution in [2.45, 2.75) is 117 Å². The topological polar surface area (TPSA) is 48.0 Å². The van der Waals surface area contributed by atoms with Crippen LogP contribution in [0.15, 0.2) is 35.9 Å². The van der Waals surface area contributed by atoms with Gasteiger partial charge in [0.15, 0.2) is 5.79 Å². The Hall–Kier alpha value is -1.85. The monoisotopic (exact) mass is 575 g/mol. The van der Waals surface area contributed by atoms with E-state index in [0.717, 1.165) is 55.6 Å². The number of rotatable bonds is 3. The normalized spacial score (nSPS) is 45.8. The van der Waals surface area contributed by atoms with Gasteiger partial charge in [-0.25, -0.2) is 4.79 Å². The summed E-state index contributed by atoms with van der Waals surface area (Å²) >= 11 is 0. The number of hydrogen-bond acceptors (Lipinski definition) is 4. The Morgan fingerprint density at radius 1 is 1.05 bits per heavy atom. The van der Waals surface area contributed by atoms with E-state index in [0.29, 0.717) is 35.8 Å². The highest BCUT2D eigenvalue weighted by Crippen LogP contribution is 2.70. The largest absolute Gasteiger partial charge is 0.446 e. The molecule has 7 rings (SSSR count). The van der Waals surface area contributed by atoms with E-state index < -0.39 is 0 Å². The Kier molecular flexibility index (Phi) is 7.13. The summed E-state index contributed by atoms with van der Waals surface area (Å²) in [6.07, 6.45) is 13.0. The molecule has 1 spiro atoms. The maximum absolute atomic E-state index is 13.0. The molecule has 2 aliphatic heterocycles. The van der Waals surface area contributed by atoms with Crippen molar-refractivity contribution >= 4 is 6.09 Å². The van der Waals surface area contributed by atoms with Crippen molar-refractivity contribution in [3.63, 3.8) is 0 Å². The third-order valence-electron chi connectivity index (χ3n) is 13.4. The van der Waals surface area contributed by atoms with E-state index in [4.69, 9.17) is 14.2 Å². The van der Waals surface area contributed by atoms with Gasteiger partial charge in [-0.1, -0.05) is 69.2 Å². The van der Waals surface area contributed by atoms with Crippen molar-refractivity contribution in [3.8, 4) is 0 Å². The maximum atomic E-state index is 13.0. The lowest BCUT2D eigenvalue weighted by molar-refractivity contribution is -0.272. The van der Waals surface area contributed by atoms with Gasteiger partial charge < -0.3 is 19.1 Å². The van der Waals surface area contributed by atoms with Crippen LogP contribution in [0.5, 0.6) is 0 Å². The Bertz CT molecular complexity index is 1220. The second-order valence-corrected chi connectivity index (χ2v) is 15.9. The zero-order valence-electron chi connectivity index (χ0n) is 26.9. The molecular formula is C37H53NO4. The Labute approximate surface area is 253 Å². The average Bonchev–Trinajstić information content (AvgIpc) is 3.41. The van der Waals surface area contributed by atoms with Gasteiger partial charge in [0.2, 0.25) is 0 Å². The van der Waals surface area contributed by atoms with Gasteiger partial charge >= 0.3 is 6.09 Å². The number of hydrogen-bond donors (Lipinski definition) is 0. The standard InChI is InChI=1S/C37H53NO4/c1-23-7-9-26(10-8-23)21-38(6)34(39)41-28-14-16-35(4)27(19-28)11-12-29-30(35)15-17-36(5)31(29)20-32-33(36)25(3)37(42-32)18-13-24(2)22-40-37/h7-11,24-25,28-33H,12-22H2,1-6H3/t24-,25+,28+,29-,30+,31+,32+,33+,35+,36+,37-/m1/s1. The van der Waals surface area contributed by atoms with Gasteiger partial charge in [0.25, 0.3) is 0 Å². The number of ether oxygens (including phenoxy) is 3. The minimum atomic E-state index is -0.331. The summed E-state index contributed by atoms with van der Waals surface area (Å²) < 4.78 is 19.6. The summed E-state index contributed by atoms with van der Waals surface area (Å²) in [6, 6.07) is 8.38. The summed E-state index contributed by atoms with van der Waals surface area (Å²) in [7, 11) is 1.85. The first-order valence-electron chi connectivity index (χ1n) is 17.0. The minimum Gasteiger partial charge on any atom is -0.446 e. The van der Waals surface area contributed by atoms with Crippen molar-refractivity contribution in [2.75, 3.05) is 13.7 Å². The number of allylic oxidation sites excluding steroid dienone is 1. The van der Waals surface area contributed by atoms with Gasteiger partial charge in [-0.3, -0.25) is 0 Å². The highest BCUT2D eigenvalue weighted by atomic mass is 16.7. The van der Waals surface area contributed by atoms with Crippen LogP contribution in [0, 0.1) is 53.3 Å². The summed E-state index contributed by atoms with van der Waals surface area (Å²) in [6.45, 7) is 13.4. The van der Waals surface area contributed by atoms with Crippen molar-refractivity contribution in [3.05, 3.63) is 47.0 Å². The quantitative estimate of drug-likeness (QED) is 0.340. The van der Waals surface area contributed by atoms with Crippen LogP contribution in [0.4, 0.5) is 4.79 Å². The molecule has 3 saturated carbocycles. The van der Waals surface area contributed by atoms with Crippen LogP contribution in [-0.4, -0.2) is 42.6 Å². The van der Waals surface area contributed by atoms with Gasteiger partial charge in [-0.15, -0.1) is 0 Å². The second-order valence-electron chi connectivity index (χ2n) is 15.9. The van der Waals surface area contributed by atoms with Crippen molar-refractivity contribution < 1.29 is 19.0 Å². The van der Waals surface area contributed by atoms with Crippen molar-refractivity contribution in [1.29, 1.82) is 0 Å². The number of amides is 1. The second kappa shape index (κ2) is 10.4. The van der Waals surface area contributed by atoms with Crippen molar-refractivity contribution in [1.82, 2.24) is 4.90 Å². The molecule has 0 bridgehead atoms. The fourth-order valence-corrected chi connectivity index (χ4v) is 11.0. The smallest absolute Gasteiger partial charge is 0.410 e. The summed E-state index contributed by atoms with van der Waals surface area (Å²) in [5, 5.41) is 0.